The molecular weight excluding hydrogens is 397 g/mol. The minimum Gasteiger partial charge on any atom is -0.361 e. The van der Waals surface area contributed by atoms with Crippen molar-refractivity contribution >= 4 is 42.5 Å². The molecule has 0 atom stereocenters. The number of rotatable bonds is 7. The fourth-order valence-corrected chi connectivity index (χ4v) is 2.56. The number of aryl methyl sites for hydroxylation is 1. The number of carbonyl (C=O) groups is 1. The van der Waals surface area contributed by atoms with Gasteiger partial charge in [-0.15, -0.1) is 24.8 Å². The van der Waals surface area contributed by atoms with Crippen LogP contribution in [0.2, 0.25) is 0 Å². The van der Waals surface area contributed by atoms with Gasteiger partial charge in [0.15, 0.2) is 0 Å². The third-order valence-corrected chi connectivity index (χ3v) is 3.89. The fourth-order valence-electron chi connectivity index (χ4n) is 1.68. The summed E-state index contributed by atoms with van der Waals surface area (Å²) < 4.78 is 31.2. The van der Waals surface area contributed by atoms with Crippen molar-refractivity contribution in [1.29, 1.82) is 0 Å². The van der Waals surface area contributed by atoms with Gasteiger partial charge < -0.3 is 15.6 Å². The summed E-state index contributed by atoms with van der Waals surface area (Å²) in [6.07, 6.45) is 1.53. The highest BCUT2D eigenvalue weighted by atomic mass is 35.5. The molecule has 0 saturated heterocycles. The number of carbonyl (C=O) groups excluding carboxylic acids is 1. The number of nitrogens with two attached hydrogens (primary N) is 1. The summed E-state index contributed by atoms with van der Waals surface area (Å²) in [5, 5.41) is 6.46. The molecular formula is C14H18Cl2F2N4O2S. The number of nitrogens with one attached hydrogen (secondary N) is 1. The molecule has 0 aliphatic heterocycles. The summed E-state index contributed by atoms with van der Waals surface area (Å²) in [5.41, 5.74) is 5.88. The van der Waals surface area contributed by atoms with Gasteiger partial charge in [-0.05, 0) is 19.1 Å². The van der Waals surface area contributed by atoms with Crippen LogP contribution in [0.1, 0.15) is 21.8 Å². The Morgan fingerprint density at radius 2 is 2.16 bits per heavy atom. The van der Waals surface area contributed by atoms with Gasteiger partial charge in [-0.3, -0.25) is 4.79 Å². The maximum atomic E-state index is 13.1. The number of hydrogen-bond donors (Lipinski definition) is 2. The first kappa shape index (κ1) is 23.6. The normalized spacial score (nSPS) is 10.6. The lowest BCUT2D eigenvalue weighted by atomic mass is 10.2. The molecule has 0 fully saturated rings. The van der Waals surface area contributed by atoms with E-state index in [0.717, 1.165) is 0 Å². The van der Waals surface area contributed by atoms with E-state index in [4.69, 9.17) is 10.3 Å². The van der Waals surface area contributed by atoms with Crippen LogP contribution in [0.3, 0.4) is 0 Å². The summed E-state index contributed by atoms with van der Waals surface area (Å²) in [6.45, 7) is 0.135. The molecule has 2 aromatic rings. The molecule has 0 aromatic carbocycles. The van der Waals surface area contributed by atoms with Crippen LogP contribution in [0.15, 0.2) is 33.9 Å². The standard InChI is InChI=1S/C14H16F2N4O2S.2ClH/c1-9-5-10(20-22-9)6-23-13-11(3-2-4-18-13)12(21)19-8-14(15,16)7-17;;/h2-5H,6-8,17H2,1H3,(H,19,21);2*1H. The number of amides is 1. The molecule has 0 radical (unpaired) electrons. The van der Waals surface area contributed by atoms with E-state index < -0.39 is 24.9 Å². The van der Waals surface area contributed by atoms with Crippen LogP contribution in [-0.4, -0.2) is 35.1 Å². The predicted octanol–water partition coefficient (Wildman–Crippen LogP) is 2.84. The minimum atomic E-state index is -3.14. The van der Waals surface area contributed by atoms with Gasteiger partial charge >= 0.3 is 0 Å². The first-order valence-electron chi connectivity index (χ1n) is 6.77. The highest BCUT2D eigenvalue weighted by Crippen LogP contribution is 2.24. The number of alkyl halides is 2. The molecule has 0 unspecified atom stereocenters. The van der Waals surface area contributed by atoms with E-state index in [1.807, 2.05) is 0 Å². The topological polar surface area (TPSA) is 94.0 Å². The lowest BCUT2D eigenvalue weighted by Gasteiger charge is -2.15. The lowest BCUT2D eigenvalue weighted by Crippen LogP contribution is -2.41. The Kier molecular flexibility index (Phi) is 9.95. The Morgan fingerprint density at radius 1 is 1.44 bits per heavy atom. The molecule has 0 bridgehead atoms. The largest absolute Gasteiger partial charge is 0.361 e. The maximum Gasteiger partial charge on any atom is 0.277 e. The summed E-state index contributed by atoms with van der Waals surface area (Å²) in [4.78, 5) is 16.2. The number of thioether (sulfide) groups is 1. The van der Waals surface area contributed by atoms with E-state index in [1.54, 1.807) is 19.1 Å². The van der Waals surface area contributed by atoms with Crippen molar-refractivity contribution in [3.05, 3.63) is 41.4 Å². The average Bonchev–Trinajstić information content (AvgIpc) is 2.96. The first-order valence-corrected chi connectivity index (χ1v) is 7.76. The van der Waals surface area contributed by atoms with Crippen LogP contribution in [0.4, 0.5) is 8.78 Å². The molecule has 25 heavy (non-hydrogen) atoms. The number of aromatic nitrogens is 2. The first-order chi connectivity index (χ1) is 10.9. The quantitative estimate of drug-likeness (QED) is 0.676. The molecule has 2 rings (SSSR count). The van der Waals surface area contributed by atoms with Gasteiger partial charge in [0.25, 0.3) is 11.8 Å². The molecule has 11 heteroatoms. The number of hydrogen-bond acceptors (Lipinski definition) is 6. The summed E-state index contributed by atoms with van der Waals surface area (Å²) in [5.74, 6) is -2.62. The van der Waals surface area contributed by atoms with E-state index in [1.165, 1.54) is 24.0 Å². The van der Waals surface area contributed by atoms with Crippen LogP contribution >= 0.6 is 36.6 Å². The third-order valence-electron chi connectivity index (χ3n) is 2.86. The Morgan fingerprint density at radius 3 is 2.76 bits per heavy atom. The zero-order chi connectivity index (χ0) is 16.9. The summed E-state index contributed by atoms with van der Waals surface area (Å²) >= 11 is 1.27. The van der Waals surface area contributed by atoms with Crippen LogP contribution in [0.5, 0.6) is 0 Å². The van der Waals surface area contributed by atoms with Gasteiger partial charge in [-0.2, -0.15) is 0 Å². The Bertz CT molecular complexity index is 688. The molecule has 0 saturated carbocycles. The second kappa shape index (κ2) is 10.5. The number of halogens is 4. The van der Waals surface area contributed by atoms with E-state index in [9.17, 15) is 13.6 Å². The molecule has 2 aromatic heterocycles. The molecule has 0 spiro atoms. The van der Waals surface area contributed by atoms with Crippen molar-refractivity contribution in [2.24, 2.45) is 5.73 Å². The van der Waals surface area contributed by atoms with Gasteiger partial charge in [-0.25, -0.2) is 13.8 Å². The van der Waals surface area contributed by atoms with Crippen LogP contribution < -0.4 is 11.1 Å². The average molecular weight is 415 g/mol. The van der Waals surface area contributed by atoms with Gasteiger partial charge in [0.05, 0.1) is 24.3 Å². The number of nitrogens with zero attached hydrogens (tertiary/aromatic N) is 2. The van der Waals surface area contributed by atoms with Crippen LogP contribution in [0, 0.1) is 6.92 Å². The van der Waals surface area contributed by atoms with Crippen LogP contribution in [-0.2, 0) is 5.75 Å². The smallest absolute Gasteiger partial charge is 0.277 e. The second-order valence-corrected chi connectivity index (χ2v) is 5.78. The Hall–Kier alpha value is -1.42. The van der Waals surface area contributed by atoms with E-state index >= 15 is 0 Å². The predicted molar refractivity (Wildman–Crippen MR) is 95.9 cm³/mol. The number of pyridine rings is 1. The molecule has 3 N–H and O–H groups in total. The van der Waals surface area contributed by atoms with Crippen molar-refractivity contribution in [3.8, 4) is 0 Å². The SMILES string of the molecule is Cc1cc(CSc2ncccc2C(=O)NCC(F)(F)CN)no1.Cl.Cl. The van der Waals surface area contributed by atoms with Crippen molar-refractivity contribution in [2.45, 2.75) is 23.6 Å². The molecule has 1 amide bonds. The van der Waals surface area contributed by atoms with Crippen molar-refractivity contribution < 1.29 is 18.1 Å². The Balaban J connectivity index is 0.00000288. The highest BCUT2D eigenvalue weighted by molar-refractivity contribution is 7.98. The van der Waals surface area contributed by atoms with Crippen LogP contribution in [0.25, 0.3) is 0 Å². The fraction of sp³-hybridized carbons (Fsp3) is 0.357. The van der Waals surface area contributed by atoms with Crippen molar-refractivity contribution in [2.75, 3.05) is 13.1 Å². The second-order valence-electron chi connectivity index (χ2n) is 4.82. The molecule has 140 valence electrons. The highest BCUT2D eigenvalue weighted by Gasteiger charge is 2.27. The van der Waals surface area contributed by atoms with Gasteiger partial charge in [-0.1, -0.05) is 16.9 Å². The zero-order valence-corrected chi connectivity index (χ0v) is 15.6. The summed E-state index contributed by atoms with van der Waals surface area (Å²) in [6, 6.07) is 4.87. The lowest BCUT2D eigenvalue weighted by molar-refractivity contribution is 0.0118. The van der Waals surface area contributed by atoms with Gasteiger partial charge in [0.1, 0.15) is 10.8 Å². The minimum absolute atomic E-state index is 0. The van der Waals surface area contributed by atoms with Crippen molar-refractivity contribution in [1.82, 2.24) is 15.5 Å². The summed E-state index contributed by atoms with van der Waals surface area (Å²) in [7, 11) is 0. The maximum absolute atomic E-state index is 13.1. The molecule has 0 aliphatic rings. The molecule has 2 heterocycles. The van der Waals surface area contributed by atoms with E-state index in [0.29, 0.717) is 22.2 Å². The molecule has 6 nitrogen and oxygen atoms in total. The van der Waals surface area contributed by atoms with Gasteiger partial charge in [0, 0.05) is 18.0 Å². The monoisotopic (exact) mass is 414 g/mol. The van der Waals surface area contributed by atoms with Crippen molar-refractivity contribution in [3.63, 3.8) is 0 Å². The van der Waals surface area contributed by atoms with E-state index in [2.05, 4.69) is 15.5 Å². The zero-order valence-electron chi connectivity index (χ0n) is 13.2. The van der Waals surface area contributed by atoms with E-state index in [-0.39, 0.29) is 30.4 Å². The van der Waals surface area contributed by atoms with Gasteiger partial charge in [0.2, 0.25) is 0 Å². The molecule has 0 aliphatic carbocycles. The third kappa shape index (κ3) is 7.15. The Labute approximate surface area is 160 Å².